The predicted octanol–water partition coefficient (Wildman–Crippen LogP) is 5.46. The Morgan fingerprint density at radius 3 is 2.39 bits per heavy atom. The smallest absolute Gasteiger partial charge is 0.253 e. The van der Waals surface area contributed by atoms with Crippen LogP contribution in [0.3, 0.4) is 0 Å². The fourth-order valence-electron chi connectivity index (χ4n) is 4.20. The highest BCUT2D eigenvalue weighted by Gasteiger charge is 2.20. The van der Waals surface area contributed by atoms with Crippen LogP contribution in [0.5, 0.6) is 0 Å². The van der Waals surface area contributed by atoms with Gasteiger partial charge in [0.1, 0.15) is 5.82 Å². The second kappa shape index (κ2) is 9.67. The van der Waals surface area contributed by atoms with Gasteiger partial charge in [-0.25, -0.2) is 4.39 Å². The number of carbonyl (C=O) groups is 1. The summed E-state index contributed by atoms with van der Waals surface area (Å²) in [6.45, 7) is 5.62. The summed E-state index contributed by atoms with van der Waals surface area (Å²) in [5.41, 5.74) is 4.03. The third kappa shape index (κ3) is 5.00. The summed E-state index contributed by atoms with van der Waals surface area (Å²) in [5, 5.41) is 3.72. The topological polar surface area (TPSA) is 37.3 Å². The first kappa shape index (κ1) is 21.6. The Labute approximate surface area is 187 Å². The zero-order chi connectivity index (χ0) is 21.8. The second-order valence-corrected chi connectivity index (χ2v) is 8.44. The number of aromatic nitrogens is 1. The Morgan fingerprint density at radius 2 is 1.71 bits per heavy atom. The zero-order valence-corrected chi connectivity index (χ0v) is 18.5. The van der Waals surface area contributed by atoms with Crippen LogP contribution in [-0.4, -0.2) is 41.6 Å². The summed E-state index contributed by atoms with van der Waals surface area (Å²) >= 11 is 6.06. The quantitative estimate of drug-likeness (QED) is 0.553. The minimum atomic E-state index is -0.294. The Kier molecular flexibility index (Phi) is 6.73. The number of nitrogens with zero attached hydrogens (tertiary/aromatic N) is 2. The molecule has 4 rings (SSSR count). The molecule has 0 atom stereocenters. The molecule has 1 saturated heterocycles. The molecule has 1 aromatic heterocycles. The third-order valence-corrected chi connectivity index (χ3v) is 6.13. The zero-order valence-electron chi connectivity index (χ0n) is 17.7. The molecular formula is C25H27ClFN3O. The molecule has 3 aromatic rings. The van der Waals surface area contributed by atoms with E-state index in [1.807, 2.05) is 41.8 Å². The lowest BCUT2D eigenvalue weighted by Crippen LogP contribution is -2.37. The molecule has 0 bridgehead atoms. The van der Waals surface area contributed by atoms with Crippen molar-refractivity contribution in [2.24, 2.45) is 0 Å². The summed E-state index contributed by atoms with van der Waals surface area (Å²) in [6, 6.07) is 15.7. The molecule has 2 heterocycles. The van der Waals surface area contributed by atoms with Crippen LogP contribution in [0.4, 0.5) is 4.39 Å². The minimum absolute atomic E-state index is 0.0921. The van der Waals surface area contributed by atoms with Crippen molar-refractivity contribution in [3.05, 3.63) is 76.7 Å². The van der Waals surface area contributed by atoms with Gasteiger partial charge in [-0.2, -0.15) is 0 Å². The molecule has 1 fully saturated rings. The lowest BCUT2D eigenvalue weighted by atomic mass is 10.1. The maximum atomic E-state index is 13.5. The number of halogens is 2. The molecule has 2 aromatic carbocycles. The average molecular weight is 440 g/mol. The molecule has 0 unspecified atom stereocenters. The molecule has 0 radical (unpaired) electrons. The van der Waals surface area contributed by atoms with Crippen LogP contribution in [-0.2, 0) is 0 Å². The molecule has 6 heteroatoms. The monoisotopic (exact) mass is 439 g/mol. The van der Waals surface area contributed by atoms with Crippen LogP contribution in [0, 0.1) is 12.7 Å². The van der Waals surface area contributed by atoms with Gasteiger partial charge in [-0.3, -0.25) is 4.79 Å². The summed E-state index contributed by atoms with van der Waals surface area (Å²) in [7, 11) is 0. The van der Waals surface area contributed by atoms with E-state index in [0.29, 0.717) is 17.1 Å². The Hall–Kier alpha value is -2.63. The van der Waals surface area contributed by atoms with Crippen LogP contribution in [0.25, 0.3) is 16.9 Å². The number of carbonyl (C=O) groups excluding carboxylic acids is 1. The van der Waals surface area contributed by atoms with Gasteiger partial charge in [-0.1, -0.05) is 30.2 Å². The van der Waals surface area contributed by atoms with Crippen molar-refractivity contribution in [3.8, 4) is 16.9 Å². The van der Waals surface area contributed by atoms with Crippen molar-refractivity contribution in [3.63, 3.8) is 0 Å². The maximum Gasteiger partial charge on any atom is 0.253 e. The molecular weight excluding hydrogens is 413 g/mol. The van der Waals surface area contributed by atoms with Crippen molar-refractivity contribution < 1.29 is 9.18 Å². The molecule has 0 saturated carbocycles. The van der Waals surface area contributed by atoms with E-state index in [1.54, 1.807) is 12.1 Å². The first-order valence-electron chi connectivity index (χ1n) is 10.8. The van der Waals surface area contributed by atoms with E-state index < -0.39 is 0 Å². The van der Waals surface area contributed by atoms with E-state index in [0.717, 1.165) is 42.3 Å². The number of hydrogen-bond acceptors (Lipinski definition) is 2. The number of nitrogens with one attached hydrogen (secondary N) is 1. The summed E-state index contributed by atoms with van der Waals surface area (Å²) in [6.07, 6.45) is 3.77. The number of hydrogen-bond donors (Lipinski definition) is 1. The Balaban J connectivity index is 1.61. The fraction of sp³-hybridized carbons (Fsp3) is 0.320. The van der Waals surface area contributed by atoms with E-state index in [9.17, 15) is 9.18 Å². The first-order chi connectivity index (χ1) is 15.0. The van der Waals surface area contributed by atoms with Crippen molar-refractivity contribution in [2.75, 3.05) is 26.2 Å². The van der Waals surface area contributed by atoms with Crippen molar-refractivity contribution in [1.82, 2.24) is 14.8 Å². The molecule has 162 valence electrons. The normalized spacial score (nSPS) is 14.5. The number of benzene rings is 2. The number of rotatable bonds is 6. The van der Waals surface area contributed by atoms with Gasteiger partial charge in [0.05, 0.1) is 11.3 Å². The average Bonchev–Trinajstić information content (AvgIpc) is 3.13. The minimum Gasteiger partial charge on any atom is -0.351 e. The predicted molar refractivity (Wildman–Crippen MR) is 124 cm³/mol. The van der Waals surface area contributed by atoms with Gasteiger partial charge in [0.15, 0.2) is 0 Å². The highest BCUT2D eigenvalue weighted by atomic mass is 35.5. The molecule has 1 aliphatic heterocycles. The highest BCUT2D eigenvalue weighted by Crippen LogP contribution is 2.30. The first-order valence-corrected chi connectivity index (χ1v) is 11.2. The molecule has 1 amide bonds. The van der Waals surface area contributed by atoms with Gasteiger partial charge in [0.25, 0.3) is 5.91 Å². The maximum absolute atomic E-state index is 13.5. The molecule has 1 N–H and O–H groups in total. The van der Waals surface area contributed by atoms with Gasteiger partial charge in [-0.05, 0) is 80.9 Å². The van der Waals surface area contributed by atoms with Gasteiger partial charge in [-0.15, -0.1) is 0 Å². The fourth-order valence-corrected chi connectivity index (χ4v) is 4.32. The van der Waals surface area contributed by atoms with Crippen LogP contribution in [0.1, 0.15) is 35.3 Å². The Morgan fingerprint density at radius 1 is 1.03 bits per heavy atom. The second-order valence-electron chi connectivity index (χ2n) is 8.01. The molecule has 1 aliphatic rings. The van der Waals surface area contributed by atoms with Gasteiger partial charge < -0.3 is 14.8 Å². The molecule has 0 aliphatic carbocycles. The summed E-state index contributed by atoms with van der Waals surface area (Å²) in [4.78, 5) is 15.4. The van der Waals surface area contributed by atoms with E-state index in [4.69, 9.17) is 11.6 Å². The summed E-state index contributed by atoms with van der Waals surface area (Å²) in [5.74, 6) is -0.386. The van der Waals surface area contributed by atoms with Crippen LogP contribution >= 0.6 is 11.6 Å². The van der Waals surface area contributed by atoms with E-state index >= 15 is 0 Å². The third-order valence-electron chi connectivity index (χ3n) is 5.88. The van der Waals surface area contributed by atoms with Crippen LogP contribution in [0.2, 0.25) is 5.02 Å². The van der Waals surface area contributed by atoms with Gasteiger partial charge >= 0.3 is 0 Å². The Bertz CT molecular complexity index is 1040. The summed E-state index contributed by atoms with van der Waals surface area (Å²) < 4.78 is 15.5. The lowest BCUT2D eigenvalue weighted by molar-refractivity contribution is 0.0946. The van der Waals surface area contributed by atoms with Crippen molar-refractivity contribution in [2.45, 2.75) is 26.2 Å². The lowest BCUT2D eigenvalue weighted by Gasteiger charge is -2.26. The van der Waals surface area contributed by atoms with Crippen molar-refractivity contribution in [1.29, 1.82) is 0 Å². The van der Waals surface area contributed by atoms with Gasteiger partial charge in [0, 0.05) is 29.5 Å². The van der Waals surface area contributed by atoms with Crippen LogP contribution in [0.15, 0.2) is 54.6 Å². The number of likely N-dealkylation sites (tertiary alicyclic amines) is 1. The molecule has 31 heavy (non-hydrogen) atoms. The van der Waals surface area contributed by atoms with Gasteiger partial charge in [0.2, 0.25) is 0 Å². The largest absolute Gasteiger partial charge is 0.351 e. The van der Waals surface area contributed by atoms with Crippen molar-refractivity contribution >= 4 is 17.5 Å². The number of amides is 1. The molecule has 0 spiro atoms. The SMILES string of the molecule is Cc1c(C(=O)NCCN2CCCCC2)cc(-c2ccc(Cl)cc2)n1-c1ccc(F)cc1. The standard InChI is InChI=1S/C25H27ClFN3O/c1-18-23(25(31)28-13-16-29-14-3-2-4-15-29)17-24(19-5-7-20(26)8-6-19)30(18)22-11-9-21(27)10-12-22/h5-12,17H,2-4,13-16H2,1H3,(H,28,31). The van der Waals surface area contributed by atoms with E-state index in [2.05, 4.69) is 10.2 Å². The highest BCUT2D eigenvalue weighted by molar-refractivity contribution is 6.30. The van der Waals surface area contributed by atoms with E-state index in [1.165, 1.54) is 31.4 Å². The molecule has 4 nitrogen and oxygen atoms in total. The van der Waals surface area contributed by atoms with Crippen LogP contribution < -0.4 is 5.32 Å². The van der Waals surface area contributed by atoms with E-state index in [-0.39, 0.29) is 11.7 Å². The number of piperidine rings is 1.